The van der Waals surface area contributed by atoms with Gasteiger partial charge in [0.05, 0.1) is 6.10 Å². The van der Waals surface area contributed by atoms with Gasteiger partial charge in [0.15, 0.2) is 0 Å². The zero-order chi connectivity index (χ0) is 17.2. The minimum absolute atomic E-state index is 0.335. The smallest absolute Gasteiger partial charge is 0.108 e. The summed E-state index contributed by atoms with van der Waals surface area (Å²) in [5, 5.41) is 3.56. The summed E-state index contributed by atoms with van der Waals surface area (Å²) < 4.78 is 6.48. The molecule has 5 aliphatic rings. The standard InChI is InChI=1S/C23H39NO/c1-4-24-21-14-19-20(25-21)13-18-16-9-8-15-7-5-6-11-22(15,2)17(16)10-12-23(18,19)3/h15-21,24H,4-14H2,1-3H3. The fourth-order valence-corrected chi connectivity index (χ4v) is 8.81. The van der Waals surface area contributed by atoms with Gasteiger partial charge in [0.1, 0.15) is 6.23 Å². The summed E-state index contributed by atoms with van der Waals surface area (Å²) in [5.74, 6) is 4.84. The molecule has 9 atom stereocenters. The van der Waals surface area contributed by atoms with Gasteiger partial charge in [-0.05, 0) is 98.3 Å². The van der Waals surface area contributed by atoms with Crippen molar-refractivity contribution in [2.45, 2.75) is 97.3 Å². The highest BCUT2D eigenvalue weighted by Gasteiger charge is 2.63. The number of fused-ring (bicyclic) bond motifs is 7. The lowest BCUT2D eigenvalue weighted by Crippen LogP contribution is -2.52. The molecule has 0 amide bonds. The van der Waals surface area contributed by atoms with Gasteiger partial charge in [-0.25, -0.2) is 0 Å². The molecule has 5 rings (SSSR count). The summed E-state index contributed by atoms with van der Waals surface area (Å²) in [7, 11) is 0. The van der Waals surface area contributed by atoms with Crippen molar-refractivity contribution in [2.75, 3.05) is 6.54 Å². The Bertz CT molecular complexity index is 520. The highest BCUT2D eigenvalue weighted by molar-refractivity contribution is 5.12. The van der Waals surface area contributed by atoms with E-state index in [0.29, 0.717) is 23.2 Å². The van der Waals surface area contributed by atoms with E-state index < -0.39 is 0 Å². The number of hydrogen-bond acceptors (Lipinski definition) is 2. The molecule has 5 fully saturated rings. The van der Waals surface area contributed by atoms with Gasteiger partial charge in [-0.1, -0.05) is 33.6 Å². The Balaban J connectivity index is 1.39. The minimum Gasteiger partial charge on any atom is -0.360 e. The topological polar surface area (TPSA) is 21.3 Å². The van der Waals surface area contributed by atoms with Crippen molar-refractivity contribution >= 4 is 0 Å². The Hall–Kier alpha value is -0.0800. The quantitative estimate of drug-likeness (QED) is 0.726. The fraction of sp³-hybridized carbons (Fsp3) is 1.00. The maximum atomic E-state index is 6.48. The Morgan fingerprint density at radius 2 is 1.76 bits per heavy atom. The number of ether oxygens (including phenoxy) is 1. The Morgan fingerprint density at radius 1 is 0.880 bits per heavy atom. The number of nitrogens with one attached hydrogen (secondary N) is 1. The van der Waals surface area contributed by atoms with Crippen LogP contribution in [0.3, 0.4) is 0 Å². The van der Waals surface area contributed by atoms with Crippen molar-refractivity contribution in [3.8, 4) is 0 Å². The van der Waals surface area contributed by atoms with E-state index >= 15 is 0 Å². The lowest BCUT2D eigenvalue weighted by atomic mass is 9.45. The molecule has 0 bridgehead atoms. The second-order valence-electron chi connectivity index (χ2n) is 10.7. The first-order valence-corrected chi connectivity index (χ1v) is 11.4. The van der Waals surface area contributed by atoms with Crippen LogP contribution in [0.25, 0.3) is 0 Å². The monoisotopic (exact) mass is 345 g/mol. The third-order valence-corrected chi connectivity index (χ3v) is 10.0. The van der Waals surface area contributed by atoms with Crippen molar-refractivity contribution < 1.29 is 4.74 Å². The fourth-order valence-electron chi connectivity index (χ4n) is 8.81. The first-order chi connectivity index (χ1) is 12.1. The van der Waals surface area contributed by atoms with Gasteiger partial charge in [0, 0.05) is 0 Å². The van der Waals surface area contributed by atoms with Crippen LogP contribution in [0.1, 0.15) is 85.0 Å². The van der Waals surface area contributed by atoms with E-state index in [1.165, 1.54) is 64.2 Å². The molecule has 0 aromatic carbocycles. The lowest BCUT2D eigenvalue weighted by molar-refractivity contribution is -0.112. The largest absolute Gasteiger partial charge is 0.360 e. The SMILES string of the molecule is CCNC1CC2C(CC3C4CCC5CCCCC5(C)C4CCC23C)O1. The zero-order valence-corrected chi connectivity index (χ0v) is 16.7. The van der Waals surface area contributed by atoms with Crippen LogP contribution in [0.15, 0.2) is 0 Å². The molecule has 142 valence electrons. The van der Waals surface area contributed by atoms with Gasteiger partial charge in [-0.2, -0.15) is 0 Å². The first-order valence-electron chi connectivity index (χ1n) is 11.4. The number of hydrogen-bond donors (Lipinski definition) is 1. The molecule has 1 N–H and O–H groups in total. The van der Waals surface area contributed by atoms with E-state index in [2.05, 4.69) is 26.1 Å². The molecule has 0 aromatic heterocycles. The highest BCUT2D eigenvalue weighted by Crippen LogP contribution is 2.69. The van der Waals surface area contributed by atoms with Gasteiger partial charge in [-0.15, -0.1) is 0 Å². The third kappa shape index (κ3) is 2.35. The molecule has 0 aromatic rings. The Morgan fingerprint density at radius 3 is 2.60 bits per heavy atom. The Kier molecular flexibility index (Phi) is 4.06. The van der Waals surface area contributed by atoms with Crippen LogP contribution >= 0.6 is 0 Å². The van der Waals surface area contributed by atoms with E-state index in [1.807, 2.05) is 0 Å². The number of rotatable bonds is 2. The normalized spacial score (nSPS) is 57.5. The molecule has 4 saturated carbocycles. The van der Waals surface area contributed by atoms with E-state index in [-0.39, 0.29) is 0 Å². The van der Waals surface area contributed by atoms with Crippen molar-refractivity contribution in [3.05, 3.63) is 0 Å². The lowest BCUT2D eigenvalue weighted by Gasteiger charge is -2.60. The van der Waals surface area contributed by atoms with Crippen LogP contribution in [-0.4, -0.2) is 18.9 Å². The van der Waals surface area contributed by atoms with Crippen molar-refractivity contribution in [1.29, 1.82) is 0 Å². The van der Waals surface area contributed by atoms with Gasteiger partial charge < -0.3 is 4.74 Å². The van der Waals surface area contributed by atoms with Gasteiger partial charge in [-0.3, -0.25) is 5.32 Å². The molecule has 2 heteroatoms. The van der Waals surface area contributed by atoms with Crippen LogP contribution in [0.4, 0.5) is 0 Å². The Labute approximate surface area is 154 Å². The van der Waals surface area contributed by atoms with E-state index in [9.17, 15) is 0 Å². The molecule has 4 aliphatic carbocycles. The summed E-state index contributed by atoms with van der Waals surface area (Å²) in [6, 6.07) is 0. The average molecular weight is 346 g/mol. The molecule has 0 spiro atoms. The zero-order valence-electron chi connectivity index (χ0n) is 16.7. The first kappa shape index (κ1) is 17.0. The maximum Gasteiger partial charge on any atom is 0.108 e. The summed E-state index contributed by atoms with van der Waals surface area (Å²) in [5.41, 5.74) is 1.24. The van der Waals surface area contributed by atoms with Crippen LogP contribution in [0.5, 0.6) is 0 Å². The second kappa shape index (κ2) is 5.96. The van der Waals surface area contributed by atoms with Crippen LogP contribution in [-0.2, 0) is 4.74 Å². The predicted molar refractivity (Wildman–Crippen MR) is 102 cm³/mol. The summed E-state index contributed by atoms with van der Waals surface area (Å²) in [6.45, 7) is 8.60. The van der Waals surface area contributed by atoms with Crippen LogP contribution in [0.2, 0.25) is 0 Å². The molecular formula is C23H39NO. The molecule has 1 aliphatic heterocycles. The minimum atomic E-state index is 0.335. The summed E-state index contributed by atoms with van der Waals surface area (Å²) in [4.78, 5) is 0. The van der Waals surface area contributed by atoms with Crippen molar-refractivity contribution in [2.24, 2.45) is 40.4 Å². The van der Waals surface area contributed by atoms with Gasteiger partial charge >= 0.3 is 0 Å². The molecule has 0 radical (unpaired) electrons. The summed E-state index contributed by atoms with van der Waals surface area (Å²) >= 11 is 0. The molecule has 9 unspecified atom stereocenters. The third-order valence-electron chi connectivity index (χ3n) is 10.0. The molecule has 1 heterocycles. The maximum absolute atomic E-state index is 6.48. The second-order valence-corrected chi connectivity index (χ2v) is 10.7. The van der Waals surface area contributed by atoms with Crippen LogP contribution in [0, 0.1) is 40.4 Å². The van der Waals surface area contributed by atoms with Crippen molar-refractivity contribution in [1.82, 2.24) is 5.32 Å². The van der Waals surface area contributed by atoms with Gasteiger partial charge in [0.25, 0.3) is 0 Å². The molecule has 25 heavy (non-hydrogen) atoms. The highest BCUT2D eigenvalue weighted by atomic mass is 16.5. The predicted octanol–water partition coefficient (Wildman–Crippen LogP) is 5.37. The summed E-state index contributed by atoms with van der Waals surface area (Å²) in [6.07, 6.45) is 15.6. The van der Waals surface area contributed by atoms with Crippen molar-refractivity contribution in [3.63, 3.8) is 0 Å². The molecule has 1 saturated heterocycles. The van der Waals surface area contributed by atoms with E-state index in [4.69, 9.17) is 4.74 Å². The average Bonchev–Trinajstić information content (AvgIpc) is 3.11. The van der Waals surface area contributed by atoms with E-state index in [1.54, 1.807) is 0 Å². The molecule has 2 nitrogen and oxygen atoms in total. The molecular weight excluding hydrogens is 306 g/mol. The van der Waals surface area contributed by atoms with E-state index in [0.717, 1.165) is 36.1 Å². The van der Waals surface area contributed by atoms with Gasteiger partial charge in [0.2, 0.25) is 0 Å². The van der Waals surface area contributed by atoms with Crippen LogP contribution < -0.4 is 5.32 Å².